The van der Waals surface area contributed by atoms with Gasteiger partial charge >= 0.3 is 0 Å². The van der Waals surface area contributed by atoms with Crippen LogP contribution < -0.4 is 4.74 Å². The summed E-state index contributed by atoms with van der Waals surface area (Å²) in [7, 11) is 5.21. The molecule has 0 unspecified atom stereocenters. The van der Waals surface area contributed by atoms with E-state index in [4.69, 9.17) is 4.74 Å². The lowest BCUT2D eigenvalue weighted by Crippen LogP contribution is -2.41. The first-order chi connectivity index (χ1) is 10.4. The van der Waals surface area contributed by atoms with Crippen LogP contribution >= 0.6 is 0 Å². The first-order valence-corrected chi connectivity index (χ1v) is 7.56. The molecule has 5 heteroatoms. The van der Waals surface area contributed by atoms with Crippen molar-refractivity contribution in [2.45, 2.75) is 25.8 Å². The first kappa shape index (κ1) is 16.3. The zero-order chi connectivity index (χ0) is 16.3. The number of likely N-dealkylation sites (tertiary alicyclic amines) is 1. The Balaban J connectivity index is 1.94. The largest absolute Gasteiger partial charge is 0.497 e. The molecule has 2 rings (SSSR count). The zero-order valence-corrected chi connectivity index (χ0v) is 13.7. The molecule has 0 aromatic heterocycles. The van der Waals surface area contributed by atoms with Gasteiger partial charge in [-0.05, 0) is 31.0 Å². The van der Waals surface area contributed by atoms with E-state index >= 15 is 0 Å². The minimum Gasteiger partial charge on any atom is -0.497 e. The van der Waals surface area contributed by atoms with E-state index in [-0.39, 0.29) is 23.8 Å². The Morgan fingerprint density at radius 3 is 2.55 bits per heavy atom. The van der Waals surface area contributed by atoms with Crippen LogP contribution in [0.15, 0.2) is 24.3 Å². The van der Waals surface area contributed by atoms with Gasteiger partial charge in [0.15, 0.2) is 0 Å². The highest BCUT2D eigenvalue weighted by Crippen LogP contribution is 2.20. The number of benzene rings is 1. The van der Waals surface area contributed by atoms with E-state index in [2.05, 4.69) is 0 Å². The average molecular weight is 304 g/mol. The number of ether oxygens (including phenoxy) is 1. The van der Waals surface area contributed by atoms with Gasteiger partial charge in [-0.3, -0.25) is 9.59 Å². The third-order valence-electron chi connectivity index (χ3n) is 4.39. The summed E-state index contributed by atoms with van der Waals surface area (Å²) in [4.78, 5) is 27.5. The second-order valence-corrected chi connectivity index (χ2v) is 6.03. The Bertz CT molecular complexity index is 541. The van der Waals surface area contributed by atoms with E-state index in [1.807, 2.05) is 38.2 Å². The predicted octanol–water partition coefficient (Wildman–Crippen LogP) is 1.56. The van der Waals surface area contributed by atoms with Crippen LogP contribution in [-0.2, 0) is 16.0 Å². The molecule has 1 aromatic rings. The molecule has 0 saturated carbocycles. The SMILES string of the molecule is COc1ccc(C[C@@H](C)N(C)C(=O)[C@@H]2CC(=O)N(C)C2)cc1. The van der Waals surface area contributed by atoms with Crippen LogP contribution in [-0.4, -0.2) is 55.4 Å². The molecule has 1 fully saturated rings. The van der Waals surface area contributed by atoms with Crippen molar-refractivity contribution in [1.82, 2.24) is 9.80 Å². The fraction of sp³-hybridized carbons (Fsp3) is 0.529. The van der Waals surface area contributed by atoms with E-state index < -0.39 is 0 Å². The standard InChI is InChI=1S/C17H24N2O3/c1-12(9-13-5-7-15(22-4)8-6-13)19(3)17(21)14-10-16(20)18(2)11-14/h5-8,12,14H,9-11H2,1-4H3/t12-,14-/m1/s1. The summed E-state index contributed by atoms with van der Waals surface area (Å²) in [5.74, 6) is 0.724. The summed E-state index contributed by atoms with van der Waals surface area (Å²) in [6.07, 6.45) is 1.11. The third kappa shape index (κ3) is 3.59. The Labute approximate surface area is 131 Å². The molecule has 0 N–H and O–H groups in total. The van der Waals surface area contributed by atoms with Crippen LogP contribution in [0.3, 0.4) is 0 Å². The molecule has 0 bridgehead atoms. The molecule has 1 aromatic carbocycles. The van der Waals surface area contributed by atoms with E-state index in [0.717, 1.165) is 17.7 Å². The molecule has 1 aliphatic heterocycles. The van der Waals surface area contributed by atoms with E-state index in [9.17, 15) is 9.59 Å². The lowest BCUT2D eigenvalue weighted by atomic mass is 10.0. The molecule has 0 spiro atoms. The molecule has 1 heterocycles. The molecule has 5 nitrogen and oxygen atoms in total. The van der Waals surface area contributed by atoms with Crippen LogP contribution in [0.1, 0.15) is 18.9 Å². The number of methoxy groups -OCH3 is 1. The van der Waals surface area contributed by atoms with Crippen molar-refractivity contribution in [3.63, 3.8) is 0 Å². The number of nitrogens with zero attached hydrogens (tertiary/aromatic N) is 2. The highest BCUT2D eigenvalue weighted by Gasteiger charge is 2.34. The fourth-order valence-corrected chi connectivity index (χ4v) is 2.77. The molecule has 0 radical (unpaired) electrons. The van der Waals surface area contributed by atoms with Gasteiger partial charge < -0.3 is 14.5 Å². The number of hydrogen-bond donors (Lipinski definition) is 0. The van der Waals surface area contributed by atoms with Crippen LogP contribution in [0.25, 0.3) is 0 Å². The van der Waals surface area contributed by atoms with E-state index in [1.165, 1.54) is 0 Å². The molecule has 1 saturated heterocycles. The minimum absolute atomic E-state index is 0.0505. The second kappa shape index (κ2) is 6.81. The summed E-state index contributed by atoms with van der Waals surface area (Å²) in [6, 6.07) is 7.96. The molecule has 1 aliphatic rings. The number of amides is 2. The molecule has 22 heavy (non-hydrogen) atoms. The Kier molecular flexibility index (Phi) is 5.06. The van der Waals surface area contributed by atoms with Crippen molar-refractivity contribution in [2.24, 2.45) is 5.92 Å². The number of likely N-dealkylation sites (N-methyl/N-ethyl adjacent to an activating group) is 1. The van der Waals surface area contributed by atoms with E-state index in [0.29, 0.717) is 13.0 Å². The Hall–Kier alpha value is -2.04. The van der Waals surface area contributed by atoms with Crippen molar-refractivity contribution >= 4 is 11.8 Å². The topological polar surface area (TPSA) is 49.9 Å². The highest BCUT2D eigenvalue weighted by molar-refractivity contribution is 5.89. The van der Waals surface area contributed by atoms with Crippen molar-refractivity contribution in [3.8, 4) is 5.75 Å². The molecule has 0 aliphatic carbocycles. The van der Waals surface area contributed by atoms with Crippen molar-refractivity contribution in [3.05, 3.63) is 29.8 Å². The van der Waals surface area contributed by atoms with Gasteiger partial charge in [0, 0.05) is 33.1 Å². The van der Waals surface area contributed by atoms with E-state index in [1.54, 1.807) is 24.0 Å². The van der Waals surface area contributed by atoms with Crippen molar-refractivity contribution in [1.29, 1.82) is 0 Å². The molecular formula is C17H24N2O3. The van der Waals surface area contributed by atoms with Gasteiger partial charge in [0.25, 0.3) is 0 Å². The average Bonchev–Trinajstić information content (AvgIpc) is 2.86. The van der Waals surface area contributed by atoms with Gasteiger partial charge in [0.2, 0.25) is 11.8 Å². The quantitative estimate of drug-likeness (QED) is 0.829. The second-order valence-electron chi connectivity index (χ2n) is 6.03. The summed E-state index contributed by atoms with van der Waals surface area (Å²) in [5.41, 5.74) is 1.16. The first-order valence-electron chi connectivity index (χ1n) is 7.56. The summed E-state index contributed by atoms with van der Waals surface area (Å²) in [5, 5.41) is 0. The van der Waals surface area contributed by atoms with Gasteiger partial charge in [-0.25, -0.2) is 0 Å². The number of carbonyl (C=O) groups is 2. The van der Waals surface area contributed by atoms with Crippen LogP contribution in [0, 0.1) is 5.92 Å². The molecule has 2 amide bonds. The maximum absolute atomic E-state index is 12.5. The van der Waals surface area contributed by atoms with Gasteiger partial charge in [-0.1, -0.05) is 12.1 Å². The zero-order valence-electron chi connectivity index (χ0n) is 13.7. The van der Waals surface area contributed by atoms with Crippen molar-refractivity contribution in [2.75, 3.05) is 27.7 Å². The lowest BCUT2D eigenvalue weighted by Gasteiger charge is -2.27. The number of hydrogen-bond acceptors (Lipinski definition) is 3. The van der Waals surface area contributed by atoms with Gasteiger partial charge in [0.1, 0.15) is 5.75 Å². The third-order valence-corrected chi connectivity index (χ3v) is 4.39. The minimum atomic E-state index is -0.208. The van der Waals surface area contributed by atoms with Crippen LogP contribution in [0.4, 0.5) is 0 Å². The van der Waals surface area contributed by atoms with Crippen LogP contribution in [0.5, 0.6) is 5.75 Å². The van der Waals surface area contributed by atoms with Gasteiger partial charge in [-0.15, -0.1) is 0 Å². The van der Waals surface area contributed by atoms with Gasteiger partial charge in [-0.2, -0.15) is 0 Å². The fourth-order valence-electron chi connectivity index (χ4n) is 2.77. The summed E-state index contributed by atoms with van der Waals surface area (Å²) >= 11 is 0. The Morgan fingerprint density at radius 1 is 1.41 bits per heavy atom. The number of carbonyl (C=O) groups excluding carboxylic acids is 2. The lowest BCUT2D eigenvalue weighted by molar-refractivity contribution is -0.136. The molecule has 2 atom stereocenters. The predicted molar refractivity (Wildman–Crippen MR) is 84.7 cm³/mol. The molecule has 120 valence electrons. The smallest absolute Gasteiger partial charge is 0.227 e. The van der Waals surface area contributed by atoms with Crippen LogP contribution in [0.2, 0.25) is 0 Å². The summed E-state index contributed by atoms with van der Waals surface area (Å²) < 4.78 is 5.15. The maximum atomic E-state index is 12.5. The normalized spacial score (nSPS) is 19.2. The summed E-state index contributed by atoms with van der Waals surface area (Å²) in [6.45, 7) is 2.56. The maximum Gasteiger partial charge on any atom is 0.227 e. The monoisotopic (exact) mass is 304 g/mol. The van der Waals surface area contributed by atoms with Gasteiger partial charge in [0.05, 0.1) is 13.0 Å². The highest BCUT2D eigenvalue weighted by atomic mass is 16.5. The Morgan fingerprint density at radius 2 is 2.05 bits per heavy atom. The van der Waals surface area contributed by atoms with Crippen molar-refractivity contribution < 1.29 is 14.3 Å². The number of rotatable bonds is 5. The molecular weight excluding hydrogens is 280 g/mol.